The molecule has 4 atom stereocenters. The van der Waals surface area contributed by atoms with Crippen LogP contribution in [-0.2, 0) is 13.9 Å². The molecule has 0 fully saturated rings. The van der Waals surface area contributed by atoms with Gasteiger partial charge in [0, 0.05) is 6.42 Å². The second kappa shape index (κ2) is 14.4. The fourth-order valence-electron chi connectivity index (χ4n) is 2.59. The Bertz CT molecular complexity index is 465. The van der Waals surface area contributed by atoms with Gasteiger partial charge in [0.15, 0.2) is 11.9 Å². The number of unbranched alkanes of at least 4 members (excludes halogenated alkanes) is 7. The second-order valence-corrected chi connectivity index (χ2v) is 7.71. The van der Waals surface area contributed by atoms with Crippen LogP contribution in [0.15, 0.2) is 12.7 Å². The third-order valence-electron chi connectivity index (χ3n) is 4.14. The number of hydrogen-bond acceptors (Lipinski definition) is 7. The molecule has 0 radical (unpaired) electrons. The average Bonchev–Trinajstić information content (AvgIpc) is 2.61. The Balaban J connectivity index is 4.43. The molecule has 9 nitrogen and oxygen atoms in total. The minimum absolute atomic E-state index is 0.0971. The number of carbonyl (C=O) groups excluding carboxylic acids is 1. The van der Waals surface area contributed by atoms with Gasteiger partial charge in [0.25, 0.3) is 0 Å². The number of allylic oxidation sites excluding steroid dienone is 1. The predicted molar refractivity (Wildman–Crippen MR) is 98.8 cm³/mol. The summed E-state index contributed by atoms with van der Waals surface area (Å²) in [6.07, 6.45) is 1.30. The van der Waals surface area contributed by atoms with E-state index >= 15 is 0 Å². The zero-order valence-corrected chi connectivity index (χ0v) is 16.4. The van der Waals surface area contributed by atoms with Crippen molar-refractivity contribution in [3.63, 3.8) is 0 Å². The van der Waals surface area contributed by atoms with Crippen molar-refractivity contribution < 1.29 is 44.1 Å². The van der Waals surface area contributed by atoms with E-state index in [1.54, 1.807) is 0 Å². The molecular weight excluding hydrogens is 379 g/mol. The molecule has 0 aliphatic rings. The monoisotopic (exact) mass is 412 g/mol. The Labute approximate surface area is 159 Å². The Morgan fingerprint density at radius 2 is 1.48 bits per heavy atom. The normalized spacial score (nSPS) is 16.5. The molecule has 0 aromatic carbocycles. The molecule has 0 unspecified atom stereocenters. The number of phosphoric acid groups is 1. The third-order valence-corrected chi connectivity index (χ3v) is 4.64. The van der Waals surface area contributed by atoms with Gasteiger partial charge in [0.05, 0.1) is 6.61 Å². The predicted octanol–water partition coefficient (Wildman–Crippen LogP) is 0.805. The average molecular weight is 412 g/mol. The SMILES string of the molecule is C=CCCCCCCCCCC(=O)[C@H](OP(=O)(O)O)[C@@H](O)[C@H](O)[C@H](O)CO. The van der Waals surface area contributed by atoms with Crippen LogP contribution in [0.4, 0.5) is 0 Å². The van der Waals surface area contributed by atoms with Gasteiger partial charge in [-0.05, 0) is 19.3 Å². The van der Waals surface area contributed by atoms with E-state index in [1.165, 1.54) is 0 Å². The second-order valence-electron chi connectivity index (χ2n) is 6.52. The summed E-state index contributed by atoms with van der Waals surface area (Å²) in [5, 5.41) is 37.8. The van der Waals surface area contributed by atoms with Crippen molar-refractivity contribution in [1.29, 1.82) is 0 Å². The first kappa shape index (κ1) is 26.4. The summed E-state index contributed by atoms with van der Waals surface area (Å²) in [4.78, 5) is 30.0. The van der Waals surface area contributed by atoms with Crippen LogP contribution in [0, 0.1) is 0 Å². The smallest absolute Gasteiger partial charge is 0.394 e. The highest BCUT2D eigenvalue weighted by Gasteiger charge is 2.39. The largest absolute Gasteiger partial charge is 0.470 e. The van der Waals surface area contributed by atoms with Gasteiger partial charge in [-0.2, -0.15) is 0 Å². The molecule has 0 saturated heterocycles. The number of phosphoric ester groups is 1. The van der Waals surface area contributed by atoms with E-state index in [1.807, 2.05) is 6.08 Å². The van der Waals surface area contributed by atoms with Crippen molar-refractivity contribution >= 4 is 13.6 Å². The maximum atomic E-state index is 12.2. The van der Waals surface area contributed by atoms with Gasteiger partial charge >= 0.3 is 7.82 Å². The Kier molecular flexibility index (Phi) is 14.0. The summed E-state index contributed by atoms with van der Waals surface area (Å²) in [5.74, 6) is -0.791. The number of aliphatic hydroxyl groups excluding tert-OH is 4. The van der Waals surface area contributed by atoms with Gasteiger partial charge in [0.1, 0.15) is 18.3 Å². The van der Waals surface area contributed by atoms with Crippen LogP contribution in [0.25, 0.3) is 0 Å². The molecule has 0 aliphatic carbocycles. The number of aliphatic hydroxyl groups is 4. The molecule has 0 amide bonds. The van der Waals surface area contributed by atoms with Crippen LogP contribution in [-0.4, -0.2) is 67.0 Å². The van der Waals surface area contributed by atoms with Crippen molar-refractivity contribution in [2.24, 2.45) is 0 Å². The van der Waals surface area contributed by atoms with E-state index in [-0.39, 0.29) is 6.42 Å². The molecular formula is C17H33O9P. The molecule has 0 aliphatic heterocycles. The fourth-order valence-corrected chi connectivity index (χ4v) is 3.13. The molecule has 160 valence electrons. The lowest BCUT2D eigenvalue weighted by atomic mass is 9.97. The first-order chi connectivity index (χ1) is 12.6. The number of Topliss-reactive ketones (excluding diaryl/α,β-unsaturated/α-hetero) is 1. The lowest BCUT2D eigenvalue weighted by Gasteiger charge is -2.28. The number of carbonyl (C=O) groups is 1. The molecule has 0 bridgehead atoms. The van der Waals surface area contributed by atoms with E-state index in [9.17, 15) is 24.7 Å². The van der Waals surface area contributed by atoms with E-state index in [4.69, 9.17) is 14.9 Å². The van der Waals surface area contributed by atoms with E-state index in [0.29, 0.717) is 6.42 Å². The molecule has 0 aromatic heterocycles. The number of hydrogen-bond donors (Lipinski definition) is 6. The Morgan fingerprint density at radius 3 is 1.96 bits per heavy atom. The van der Waals surface area contributed by atoms with Gasteiger partial charge in [0.2, 0.25) is 0 Å². The topological polar surface area (TPSA) is 165 Å². The summed E-state index contributed by atoms with van der Waals surface area (Å²) in [7, 11) is -5.11. The van der Waals surface area contributed by atoms with Crippen LogP contribution in [0.1, 0.15) is 57.8 Å². The van der Waals surface area contributed by atoms with Crippen molar-refractivity contribution in [3.8, 4) is 0 Å². The zero-order valence-electron chi connectivity index (χ0n) is 15.5. The first-order valence-corrected chi connectivity index (χ1v) is 10.7. The molecule has 0 spiro atoms. The summed E-state index contributed by atoms with van der Waals surface area (Å²) in [5.41, 5.74) is 0. The van der Waals surface area contributed by atoms with Gasteiger partial charge in [-0.1, -0.05) is 38.2 Å². The number of ketones is 1. The highest BCUT2D eigenvalue weighted by Crippen LogP contribution is 2.39. The van der Waals surface area contributed by atoms with Crippen molar-refractivity contribution in [2.45, 2.75) is 82.2 Å². The summed E-state index contributed by atoms with van der Waals surface area (Å²) < 4.78 is 15.4. The highest BCUT2D eigenvalue weighted by molar-refractivity contribution is 7.46. The highest BCUT2D eigenvalue weighted by atomic mass is 31.2. The van der Waals surface area contributed by atoms with Crippen LogP contribution in [0.5, 0.6) is 0 Å². The summed E-state index contributed by atoms with van der Waals surface area (Å²) >= 11 is 0. The maximum absolute atomic E-state index is 12.2. The fraction of sp³-hybridized carbons (Fsp3) is 0.824. The Morgan fingerprint density at radius 1 is 0.963 bits per heavy atom. The molecule has 0 rings (SSSR count). The quantitative estimate of drug-likeness (QED) is 0.115. The van der Waals surface area contributed by atoms with Crippen molar-refractivity contribution in [1.82, 2.24) is 0 Å². The van der Waals surface area contributed by atoms with Gasteiger partial charge < -0.3 is 30.2 Å². The maximum Gasteiger partial charge on any atom is 0.470 e. The lowest BCUT2D eigenvalue weighted by Crippen LogP contribution is -2.49. The standard InChI is InChI=1S/C17H33O9P/c1-2-3-4-5-6-7-8-9-10-11-13(19)17(26-27(23,24)25)16(22)15(21)14(20)12-18/h2,14-18,20-22H,1,3-12H2,(H2,23,24,25)/t14-,15-,16+,17+/m1/s1. The van der Waals surface area contributed by atoms with E-state index < -0.39 is 44.6 Å². The van der Waals surface area contributed by atoms with E-state index in [0.717, 1.165) is 44.9 Å². The summed E-state index contributed by atoms with van der Waals surface area (Å²) in [6.45, 7) is 2.76. The first-order valence-electron chi connectivity index (χ1n) is 9.16. The molecule has 0 saturated carbocycles. The van der Waals surface area contributed by atoms with Crippen LogP contribution >= 0.6 is 7.82 Å². The Hall–Kier alpha value is -0.640. The van der Waals surface area contributed by atoms with Gasteiger partial charge in [-0.3, -0.25) is 9.32 Å². The molecule has 0 aromatic rings. The van der Waals surface area contributed by atoms with Crippen molar-refractivity contribution in [2.75, 3.05) is 6.61 Å². The molecule has 0 heterocycles. The van der Waals surface area contributed by atoms with Crippen LogP contribution in [0.3, 0.4) is 0 Å². The van der Waals surface area contributed by atoms with Gasteiger partial charge in [-0.25, -0.2) is 4.57 Å². The molecule has 27 heavy (non-hydrogen) atoms. The minimum atomic E-state index is -5.11. The van der Waals surface area contributed by atoms with E-state index in [2.05, 4.69) is 11.1 Å². The third kappa shape index (κ3) is 12.4. The van der Waals surface area contributed by atoms with Crippen LogP contribution in [0.2, 0.25) is 0 Å². The number of rotatable bonds is 17. The van der Waals surface area contributed by atoms with Gasteiger partial charge in [-0.15, -0.1) is 6.58 Å². The zero-order chi connectivity index (χ0) is 20.9. The molecule has 10 heteroatoms. The lowest BCUT2D eigenvalue weighted by molar-refractivity contribution is -0.145. The molecule has 6 N–H and O–H groups in total. The van der Waals surface area contributed by atoms with Crippen LogP contribution < -0.4 is 0 Å². The van der Waals surface area contributed by atoms with Crippen molar-refractivity contribution in [3.05, 3.63) is 12.7 Å². The minimum Gasteiger partial charge on any atom is -0.394 e. The summed E-state index contributed by atoms with van der Waals surface area (Å²) in [6, 6.07) is 0.